The number of hydrogen-bond acceptors (Lipinski definition) is 3. The van der Waals surface area contributed by atoms with E-state index in [0.717, 1.165) is 19.4 Å². The Morgan fingerprint density at radius 2 is 1.83 bits per heavy atom. The van der Waals surface area contributed by atoms with Gasteiger partial charge in [-0.25, -0.2) is 0 Å². The Kier molecular flexibility index (Phi) is 8.25. The van der Waals surface area contributed by atoms with E-state index in [1.165, 1.54) is 0 Å². The van der Waals surface area contributed by atoms with Crippen molar-refractivity contribution in [1.29, 1.82) is 0 Å². The van der Waals surface area contributed by atoms with Gasteiger partial charge in [0.2, 0.25) is 0 Å². The normalized spacial score (nSPS) is 15.2. The lowest BCUT2D eigenvalue weighted by Crippen LogP contribution is -2.23. The van der Waals surface area contributed by atoms with Gasteiger partial charge in [-0.2, -0.15) is 0 Å². The van der Waals surface area contributed by atoms with E-state index >= 15 is 0 Å². The maximum absolute atomic E-state index is 11.7. The number of carbonyl (C=O) groups excluding carboxylic acids is 1. The third kappa shape index (κ3) is 10.6. The van der Waals surface area contributed by atoms with Crippen molar-refractivity contribution in [2.24, 2.45) is 11.3 Å². The fourth-order valence-corrected chi connectivity index (χ4v) is 2.10. The summed E-state index contributed by atoms with van der Waals surface area (Å²) >= 11 is 0. The zero-order chi connectivity index (χ0) is 14.2. The van der Waals surface area contributed by atoms with Crippen molar-refractivity contribution >= 4 is 5.97 Å². The topological polar surface area (TPSA) is 35.5 Å². The molecule has 0 saturated heterocycles. The monoisotopic (exact) mass is 258 g/mol. The smallest absolute Gasteiger partial charge is 0.306 e. The second-order valence-electron chi connectivity index (χ2n) is 6.45. The van der Waals surface area contributed by atoms with Crippen LogP contribution in [0.5, 0.6) is 0 Å². The Bertz CT molecular complexity index is 230. The molecule has 3 heteroatoms. The average Bonchev–Trinajstić information content (AvgIpc) is 2.13. The molecule has 3 nitrogen and oxygen atoms in total. The Morgan fingerprint density at radius 3 is 2.33 bits per heavy atom. The summed E-state index contributed by atoms with van der Waals surface area (Å²) in [4.78, 5) is 11.7. The molecule has 0 bridgehead atoms. The van der Waals surface area contributed by atoms with Crippen molar-refractivity contribution in [2.75, 3.05) is 13.2 Å². The van der Waals surface area contributed by atoms with Gasteiger partial charge < -0.3 is 9.47 Å². The zero-order valence-electron chi connectivity index (χ0n) is 12.9. The molecule has 0 aliphatic heterocycles. The number of ether oxygens (including phenoxy) is 2. The minimum Gasteiger partial charge on any atom is -0.460 e. The molecule has 18 heavy (non-hydrogen) atoms. The highest BCUT2D eigenvalue weighted by Gasteiger charge is 2.19. The van der Waals surface area contributed by atoms with Crippen LogP contribution in [0.4, 0.5) is 0 Å². The Morgan fingerprint density at radius 1 is 1.22 bits per heavy atom. The highest BCUT2D eigenvalue weighted by molar-refractivity contribution is 5.69. The van der Waals surface area contributed by atoms with E-state index in [1.54, 1.807) is 0 Å². The maximum Gasteiger partial charge on any atom is 0.306 e. The molecule has 0 amide bonds. The number of rotatable bonds is 8. The first-order chi connectivity index (χ1) is 8.24. The van der Waals surface area contributed by atoms with E-state index in [4.69, 9.17) is 9.47 Å². The van der Waals surface area contributed by atoms with Gasteiger partial charge in [0.25, 0.3) is 0 Å². The van der Waals surface area contributed by atoms with Gasteiger partial charge in [-0.05, 0) is 31.1 Å². The molecule has 0 heterocycles. The molecule has 2 unspecified atom stereocenters. The molecule has 0 aromatic rings. The molecule has 0 fully saturated rings. The molecule has 0 aliphatic carbocycles. The molecule has 2 atom stereocenters. The quantitative estimate of drug-likeness (QED) is 0.490. The van der Waals surface area contributed by atoms with E-state index in [1.807, 2.05) is 6.92 Å². The fourth-order valence-electron chi connectivity index (χ4n) is 2.10. The van der Waals surface area contributed by atoms with Gasteiger partial charge in [0.1, 0.15) is 6.10 Å². The molecule has 108 valence electrons. The van der Waals surface area contributed by atoms with E-state index in [-0.39, 0.29) is 17.5 Å². The first-order valence-electron chi connectivity index (χ1n) is 7.01. The zero-order valence-corrected chi connectivity index (χ0v) is 12.9. The predicted molar refractivity (Wildman–Crippen MR) is 74.5 cm³/mol. The first kappa shape index (κ1) is 17.4. The van der Waals surface area contributed by atoms with Crippen molar-refractivity contribution in [3.05, 3.63) is 0 Å². The number of hydrogen-bond donors (Lipinski definition) is 0. The molecule has 0 rings (SSSR count). The van der Waals surface area contributed by atoms with Crippen LogP contribution in [0.1, 0.15) is 60.8 Å². The van der Waals surface area contributed by atoms with Gasteiger partial charge >= 0.3 is 5.97 Å². The summed E-state index contributed by atoms with van der Waals surface area (Å²) < 4.78 is 10.7. The van der Waals surface area contributed by atoms with Gasteiger partial charge in [0.15, 0.2) is 0 Å². The predicted octanol–water partition coefficient (Wildman–Crippen LogP) is 3.81. The van der Waals surface area contributed by atoms with Crippen LogP contribution in [0, 0.1) is 11.3 Å². The lowest BCUT2D eigenvalue weighted by molar-refractivity contribution is -0.152. The van der Waals surface area contributed by atoms with Crippen LogP contribution < -0.4 is 0 Å². The van der Waals surface area contributed by atoms with Gasteiger partial charge in [-0.15, -0.1) is 0 Å². The average molecular weight is 258 g/mol. The van der Waals surface area contributed by atoms with E-state index in [0.29, 0.717) is 18.9 Å². The summed E-state index contributed by atoms with van der Waals surface area (Å²) in [6, 6.07) is 0. The van der Waals surface area contributed by atoms with E-state index in [2.05, 4.69) is 34.6 Å². The van der Waals surface area contributed by atoms with Crippen molar-refractivity contribution in [1.82, 2.24) is 0 Å². The van der Waals surface area contributed by atoms with Crippen LogP contribution in [-0.2, 0) is 14.3 Å². The summed E-state index contributed by atoms with van der Waals surface area (Å²) in [6.45, 7) is 13.8. The van der Waals surface area contributed by atoms with Crippen molar-refractivity contribution in [2.45, 2.75) is 66.9 Å². The van der Waals surface area contributed by atoms with Crippen molar-refractivity contribution < 1.29 is 14.3 Å². The minimum absolute atomic E-state index is 0.112. The number of carbonyl (C=O) groups is 1. The molecular weight excluding hydrogens is 228 g/mol. The van der Waals surface area contributed by atoms with E-state index in [9.17, 15) is 4.79 Å². The van der Waals surface area contributed by atoms with Crippen LogP contribution in [0.25, 0.3) is 0 Å². The molecule has 0 aromatic carbocycles. The summed E-state index contributed by atoms with van der Waals surface area (Å²) in [6.07, 6.45) is 2.37. The lowest BCUT2D eigenvalue weighted by Gasteiger charge is -2.23. The number of esters is 1. The second kappa shape index (κ2) is 8.52. The van der Waals surface area contributed by atoms with Crippen LogP contribution in [0.3, 0.4) is 0 Å². The van der Waals surface area contributed by atoms with Crippen LogP contribution >= 0.6 is 0 Å². The summed E-state index contributed by atoms with van der Waals surface area (Å²) in [5, 5.41) is 0. The molecule has 0 aromatic heterocycles. The molecule has 0 radical (unpaired) electrons. The highest BCUT2D eigenvalue weighted by Crippen LogP contribution is 2.26. The second-order valence-corrected chi connectivity index (χ2v) is 6.45. The fraction of sp³-hybridized carbons (Fsp3) is 0.933. The van der Waals surface area contributed by atoms with Gasteiger partial charge in [-0.1, -0.05) is 34.6 Å². The molecule has 0 spiro atoms. The van der Waals surface area contributed by atoms with Gasteiger partial charge in [-0.3, -0.25) is 4.79 Å². The Balaban J connectivity index is 3.82. The molecule has 0 N–H and O–H groups in total. The maximum atomic E-state index is 11.7. The Labute approximate surface area is 112 Å². The summed E-state index contributed by atoms with van der Waals surface area (Å²) in [5.41, 5.74) is 0.259. The van der Waals surface area contributed by atoms with Crippen molar-refractivity contribution in [3.63, 3.8) is 0 Å². The van der Waals surface area contributed by atoms with Crippen LogP contribution in [-0.4, -0.2) is 25.3 Å². The largest absolute Gasteiger partial charge is 0.460 e. The van der Waals surface area contributed by atoms with Gasteiger partial charge in [0, 0.05) is 13.0 Å². The van der Waals surface area contributed by atoms with Gasteiger partial charge in [0.05, 0.1) is 6.61 Å². The van der Waals surface area contributed by atoms with Crippen molar-refractivity contribution in [3.8, 4) is 0 Å². The highest BCUT2D eigenvalue weighted by atomic mass is 16.6. The molecule has 0 aliphatic rings. The van der Waals surface area contributed by atoms with E-state index < -0.39 is 0 Å². The molecule has 0 saturated carbocycles. The van der Waals surface area contributed by atoms with Crippen LogP contribution in [0.2, 0.25) is 0 Å². The SMILES string of the molecule is CCCOCC(C)OC(=O)CC(C)CC(C)(C)C. The Hall–Kier alpha value is -0.570. The summed E-state index contributed by atoms with van der Waals surface area (Å²) in [5.74, 6) is 0.251. The van der Waals surface area contributed by atoms with Crippen LogP contribution in [0.15, 0.2) is 0 Å². The standard InChI is InChI=1S/C15H30O3/c1-7-8-17-11-13(3)18-14(16)9-12(2)10-15(4,5)6/h12-13H,7-11H2,1-6H3. The third-order valence-corrected chi connectivity index (χ3v) is 2.51. The first-order valence-corrected chi connectivity index (χ1v) is 7.01. The minimum atomic E-state index is -0.147. The molecular formula is C15H30O3. The lowest BCUT2D eigenvalue weighted by atomic mass is 9.84. The third-order valence-electron chi connectivity index (χ3n) is 2.51. The summed E-state index contributed by atoms with van der Waals surface area (Å²) in [7, 11) is 0.